The van der Waals surface area contributed by atoms with Crippen molar-refractivity contribution in [1.29, 1.82) is 0 Å². The number of carbonyl (C=O) groups is 1. The normalized spacial score (nSPS) is 21.3. The molecule has 2 heterocycles. The van der Waals surface area contributed by atoms with E-state index in [1.54, 1.807) is 13.2 Å². The highest BCUT2D eigenvalue weighted by atomic mass is 16.7. The molecule has 1 fully saturated rings. The van der Waals surface area contributed by atoms with Crippen molar-refractivity contribution in [2.75, 3.05) is 7.11 Å². The summed E-state index contributed by atoms with van der Waals surface area (Å²) in [6, 6.07) is 1.50. The van der Waals surface area contributed by atoms with Crippen molar-refractivity contribution in [3.63, 3.8) is 0 Å². The number of esters is 1. The Morgan fingerprint density at radius 3 is 2.17 bits per heavy atom. The lowest BCUT2D eigenvalue weighted by Crippen LogP contribution is -2.39. The van der Waals surface area contributed by atoms with Gasteiger partial charge in [0, 0.05) is 13.2 Å². The first-order valence-electron chi connectivity index (χ1n) is 7.86. The van der Waals surface area contributed by atoms with Gasteiger partial charge in [0.2, 0.25) is 0 Å². The van der Waals surface area contributed by atoms with Crippen LogP contribution in [0.3, 0.4) is 0 Å². The molecular formula is C16H24BNO5. The molecule has 23 heavy (non-hydrogen) atoms. The highest BCUT2D eigenvalue weighted by Crippen LogP contribution is 2.27. The van der Waals surface area contributed by atoms with E-state index in [-0.39, 0.29) is 17.8 Å². The summed E-state index contributed by atoms with van der Waals surface area (Å²) in [4.78, 5) is 23.8. The quantitative estimate of drug-likeness (QED) is 0.610. The van der Waals surface area contributed by atoms with Crippen LogP contribution in [0.1, 0.15) is 38.1 Å². The fourth-order valence-electron chi connectivity index (χ4n) is 2.83. The van der Waals surface area contributed by atoms with E-state index in [1.807, 2.05) is 0 Å². The molecule has 126 valence electrons. The summed E-state index contributed by atoms with van der Waals surface area (Å²) < 4.78 is 18.1. The molecular weight excluding hydrogens is 297 g/mol. The third-order valence-electron chi connectivity index (χ3n) is 4.08. The lowest BCUT2D eigenvalue weighted by Gasteiger charge is -2.24. The van der Waals surface area contributed by atoms with Crippen LogP contribution in [0.15, 0.2) is 17.1 Å². The second-order valence-electron chi connectivity index (χ2n) is 6.62. The maximum Gasteiger partial charge on any atom is 0.496 e. The number of hydrogen-bond acceptors (Lipinski definition) is 5. The summed E-state index contributed by atoms with van der Waals surface area (Å²) in [5.74, 6) is -0.0497. The van der Waals surface area contributed by atoms with Gasteiger partial charge in [0.15, 0.2) is 0 Å². The molecule has 2 rings (SSSR count). The standard InChI is InChI=1S/C16H24BNO5/c1-9(2)13-14(10(3)4)23-17(22-13)11-7-12(16(20)21-6)15(19)18(5)8-11/h7-10,13-14H,1-6H3. The Morgan fingerprint density at radius 2 is 1.74 bits per heavy atom. The number of nitrogens with zero attached hydrogens (tertiary/aromatic N) is 1. The molecule has 2 atom stereocenters. The van der Waals surface area contributed by atoms with Crippen molar-refractivity contribution in [3.8, 4) is 0 Å². The Bertz CT molecular complexity index is 624. The average Bonchev–Trinajstić information content (AvgIpc) is 2.94. The van der Waals surface area contributed by atoms with Gasteiger partial charge in [-0.3, -0.25) is 4.79 Å². The molecule has 0 N–H and O–H groups in total. The third-order valence-corrected chi connectivity index (χ3v) is 4.08. The third kappa shape index (κ3) is 3.51. The van der Waals surface area contributed by atoms with Crippen LogP contribution in [0.5, 0.6) is 0 Å². The first kappa shape index (κ1) is 17.8. The number of ether oxygens (including phenoxy) is 1. The SMILES string of the molecule is COC(=O)c1cc(B2OC(C(C)C)C(C(C)C)O2)cn(C)c1=O. The highest BCUT2D eigenvalue weighted by Gasteiger charge is 2.43. The van der Waals surface area contributed by atoms with E-state index >= 15 is 0 Å². The number of aromatic nitrogens is 1. The Labute approximate surface area is 136 Å². The monoisotopic (exact) mass is 321 g/mol. The van der Waals surface area contributed by atoms with Gasteiger partial charge in [-0.15, -0.1) is 0 Å². The first-order chi connectivity index (χ1) is 10.8. The molecule has 0 aromatic carbocycles. The molecule has 6 nitrogen and oxygen atoms in total. The van der Waals surface area contributed by atoms with E-state index in [9.17, 15) is 9.59 Å². The van der Waals surface area contributed by atoms with Crippen LogP contribution in [-0.2, 0) is 21.1 Å². The van der Waals surface area contributed by atoms with E-state index in [0.29, 0.717) is 17.3 Å². The fourth-order valence-corrected chi connectivity index (χ4v) is 2.83. The van der Waals surface area contributed by atoms with E-state index in [1.165, 1.54) is 17.7 Å². The van der Waals surface area contributed by atoms with Crippen LogP contribution in [0.25, 0.3) is 0 Å². The lowest BCUT2D eigenvalue weighted by atomic mass is 9.79. The van der Waals surface area contributed by atoms with E-state index < -0.39 is 18.6 Å². The maximum atomic E-state index is 12.1. The smallest absolute Gasteiger partial charge is 0.465 e. The number of hydrogen-bond donors (Lipinski definition) is 0. The second kappa shape index (κ2) is 6.89. The molecule has 0 amide bonds. The number of aryl methyl sites for hydroxylation is 1. The molecule has 0 spiro atoms. The largest absolute Gasteiger partial charge is 0.496 e. The Morgan fingerprint density at radius 1 is 1.22 bits per heavy atom. The van der Waals surface area contributed by atoms with Crippen LogP contribution in [-0.4, -0.2) is 37.0 Å². The van der Waals surface area contributed by atoms with Gasteiger partial charge in [0.05, 0.1) is 19.3 Å². The lowest BCUT2D eigenvalue weighted by molar-refractivity contribution is 0.0598. The van der Waals surface area contributed by atoms with Crippen molar-refractivity contribution in [1.82, 2.24) is 4.57 Å². The Balaban J connectivity index is 2.38. The molecule has 2 unspecified atom stereocenters. The predicted molar refractivity (Wildman–Crippen MR) is 87.8 cm³/mol. The Kier molecular flexibility index (Phi) is 5.32. The number of rotatable bonds is 4. The number of carbonyl (C=O) groups excluding carboxylic acids is 1. The summed E-state index contributed by atoms with van der Waals surface area (Å²) in [5, 5.41) is 0. The van der Waals surface area contributed by atoms with Crippen molar-refractivity contribution in [3.05, 3.63) is 28.2 Å². The summed E-state index contributed by atoms with van der Waals surface area (Å²) in [7, 11) is 2.25. The van der Waals surface area contributed by atoms with Crippen molar-refractivity contribution in [2.24, 2.45) is 18.9 Å². The van der Waals surface area contributed by atoms with E-state index in [2.05, 4.69) is 32.4 Å². The zero-order chi connectivity index (χ0) is 17.3. The second-order valence-corrected chi connectivity index (χ2v) is 6.62. The van der Waals surface area contributed by atoms with Crippen LogP contribution in [0.4, 0.5) is 0 Å². The molecule has 1 saturated heterocycles. The zero-order valence-corrected chi connectivity index (χ0v) is 14.5. The van der Waals surface area contributed by atoms with Gasteiger partial charge in [-0.1, -0.05) is 27.7 Å². The van der Waals surface area contributed by atoms with Crippen LogP contribution < -0.4 is 11.0 Å². The molecule has 0 aliphatic carbocycles. The summed E-state index contributed by atoms with van der Waals surface area (Å²) >= 11 is 0. The molecule has 1 aliphatic rings. The minimum atomic E-state index is -0.661. The molecule has 1 aromatic heterocycles. The van der Waals surface area contributed by atoms with Crippen molar-refractivity contribution < 1.29 is 18.8 Å². The molecule has 1 aromatic rings. The predicted octanol–water partition coefficient (Wildman–Crippen LogP) is 0.963. The molecule has 7 heteroatoms. The molecule has 0 saturated carbocycles. The van der Waals surface area contributed by atoms with Gasteiger partial charge in [-0.2, -0.15) is 0 Å². The number of pyridine rings is 1. The van der Waals surface area contributed by atoms with Gasteiger partial charge in [-0.25, -0.2) is 4.79 Å². The minimum Gasteiger partial charge on any atom is -0.465 e. The van der Waals surface area contributed by atoms with Crippen LogP contribution >= 0.6 is 0 Å². The number of methoxy groups -OCH3 is 1. The molecule has 1 aliphatic heterocycles. The van der Waals surface area contributed by atoms with Crippen LogP contribution in [0.2, 0.25) is 0 Å². The fraction of sp³-hybridized carbons (Fsp3) is 0.625. The van der Waals surface area contributed by atoms with E-state index in [0.717, 1.165) is 0 Å². The van der Waals surface area contributed by atoms with Crippen molar-refractivity contribution in [2.45, 2.75) is 39.9 Å². The van der Waals surface area contributed by atoms with Gasteiger partial charge in [0.25, 0.3) is 5.56 Å². The van der Waals surface area contributed by atoms with E-state index in [4.69, 9.17) is 9.31 Å². The van der Waals surface area contributed by atoms with Crippen molar-refractivity contribution >= 4 is 18.6 Å². The summed E-state index contributed by atoms with van der Waals surface area (Å²) in [5.41, 5.74) is 0.217. The first-order valence-corrected chi connectivity index (χ1v) is 7.86. The Hall–Kier alpha value is -1.60. The average molecular weight is 321 g/mol. The molecule has 0 radical (unpaired) electrons. The van der Waals surface area contributed by atoms with Gasteiger partial charge < -0.3 is 18.6 Å². The van der Waals surface area contributed by atoms with Gasteiger partial charge in [-0.05, 0) is 23.4 Å². The zero-order valence-electron chi connectivity index (χ0n) is 14.5. The van der Waals surface area contributed by atoms with Gasteiger partial charge >= 0.3 is 13.1 Å². The molecule has 0 bridgehead atoms. The van der Waals surface area contributed by atoms with Gasteiger partial charge in [0.1, 0.15) is 5.56 Å². The highest BCUT2D eigenvalue weighted by molar-refractivity contribution is 6.61. The minimum absolute atomic E-state index is 0.0196. The maximum absolute atomic E-state index is 12.1. The summed E-state index contributed by atoms with van der Waals surface area (Å²) in [6.07, 6.45) is 1.58. The topological polar surface area (TPSA) is 66.8 Å². The summed E-state index contributed by atoms with van der Waals surface area (Å²) in [6.45, 7) is 8.36. The van der Waals surface area contributed by atoms with Crippen LogP contribution in [0, 0.1) is 11.8 Å².